The molecule has 0 aromatic rings. The molecule has 1 atom stereocenters. The predicted octanol–water partition coefficient (Wildman–Crippen LogP) is 2.20. The molecule has 0 heterocycles. The molecule has 114 valence electrons. The zero-order chi connectivity index (χ0) is 13.6. The van der Waals surface area contributed by atoms with Gasteiger partial charge >= 0.3 is 0 Å². The summed E-state index contributed by atoms with van der Waals surface area (Å²) in [7, 11) is 3.52. The Morgan fingerprint density at radius 2 is 1.95 bits per heavy atom. The summed E-state index contributed by atoms with van der Waals surface area (Å²) in [4.78, 5) is 14.1. The number of hydrogen-bond donors (Lipinski definition) is 1. The molecule has 2 N–H and O–H groups in total. The summed E-state index contributed by atoms with van der Waals surface area (Å²) in [6, 6.07) is 0.126. The van der Waals surface area contributed by atoms with Gasteiger partial charge in [0.15, 0.2) is 0 Å². The summed E-state index contributed by atoms with van der Waals surface area (Å²) in [6.07, 6.45) is 6.49. The van der Waals surface area contributed by atoms with Gasteiger partial charge in [-0.1, -0.05) is 19.3 Å². The zero-order valence-electron chi connectivity index (χ0n) is 12.5. The van der Waals surface area contributed by atoms with Gasteiger partial charge < -0.3 is 15.4 Å². The summed E-state index contributed by atoms with van der Waals surface area (Å²) < 4.78 is 5.10. The van der Waals surface area contributed by atoms with Crippen molar-refractivity contribution in [1.82, 2.24) is 4.90 Å². The third kappa shape index (κ3) is 5.28. The van der Waals surface area contributed by atoms with Gasteiger partial charge in [0, 0.05) is 20.6 Å². The van der Waals surface area contributed by atoms with Crippen molar-refractivity contribution in [3.05, 3.63) is 0 Å². The van der Waals surface area contributed by atoms with Gasteiger partial charge in [-0.15, -0.1) is 12.4 Å². The number of carbonyl (C=O) groups excluding carboxylic acids is 1. The number of likely N-dealkylation sites (N-methyl/N-ethyl adjacent to an activating group) is 1. The Kier molecular flexibility index (Phi) is 8.62. The molecule has 0 bridgehead atoms. The molecule has 0 aromatic carbocycles. The Labute approximate surface area is 123 Å². The van der Waals surface area contributed by atoms with E-state index in [0.29, 0.717) is 19.6 Å². The Morgan fingerprint density at radius 1 is 1.37 bits per heavy atom. The minimum absolute atomic E-state index is 0. The van der Waals surface area contributed by atoms with E-state index in [4.69, 9.17) is 10.5 Å². The number of ether oxygens (including phenoxy) is 1. The molecule has 1 saturated carbocycles. The van der Waals surface area contributed by atoms with Crippen LogP contribution in [0.3, 0.4) is 0 Å². The maximum absolute atomic E-state index is 12.3. The summed E-state index contributed by atoms with van der Waals surface area (Å²) >= 11 is 0. The average molecular weight is 293 g/mol. The van der Waals surface area contributed by atoms with Crippen molar-refractivity contribution in [2.75, 3.05) is 27.3 Å². The summed E-state index contributed by atoms with van der Waals surface area (Å²) in [5, 5.41) is 0. The largest absolute Gasteiger partial charge is 0.383 e. The van der Waals surface area contributed by atoms with Crippen molar-refractivity contribution in [3.8, 4) is 0 Å². The molecule has 1 unspecified atom stereocenters. The van der Waals surface area contributed by atoms with Crippen molar-refractivity contribution in [2.45, 2.75) is 51.5 Å². The Morgan fingerprint density at radius 3 is 2.42 bits per heavy atom. The van der Waals surface area contributed by atoms with Gasteiger partial charge in [-0.25, -0.2) is 0 Å². The highest BCUT2D eigenvalue weighted by molar-refractivity contribution is 5.85. The number of halogens is 1. The van der Waals surface area contributed by atoms with Crippen LogP contribution in [0.2, 0.25) is 0 Å². The predicted molar refractivity (Wildman–Crippen MR) is 80.5 cm³/mol. The molecule has 4 nitrogen and oxygen atoms in total. The lowest BCUT2D eigenvalue weighted by molar-refractivity contribution is -0.135. The molecule has 0 spiro atoms. The number of rotatable bonds is 6. The van der Waals surface area contributed by atoms with Crippen LogP contribution in [0.4, 0.5) is 0 Å². The van der Waals surface area contributed by atoms with Gasteiger partial charge in [0.25, 0.3) is 0 Å². The normalized spacial score (nSPS) is 19.4. The highest BCUT2D eigenvalue weighted by Gasteiger charge is 2.34. The maximum Gasteiger partial charge on any atom is 0.223 e. The minimum atomic E-state index is 0. The van der Waals surface area contributed by atoms with Crippen LogP contribution in [-0.4, -0.2) is 44.2 Å². The van der Waals surface area contributed by atoms with Crippen LogP contribution in [0, 0.1) is 5.41 Å². The lowest BCUT2D eigenvalue weighted by Crippen LogP contribution is -2.43. The van der Waals surface area contributed by atoms with Crippen molar-refractivity contribution >= 4 is 18.3 Å². The van der Waals surface area contributed by atoms with E-state index in [1.165, 1.54) is 19.3 Å². The Bertz CT molecular complexity index is 268. The van der Waals surface area contributed by atoms with E-state index >= 15 is 0 Å². The fourth-order valence-corrected chi connectivity index (χ4v) is 2.80. The Hall–Kier alpha value is -0.320. The molecule has 0 aromatic heterocycles. The lowest BCUT2D eigenvalue weighted by Gasteiger charge is -2.37. The third-order valence-electron chi connectivity index (χ3n) is 4.34. The maximum atomic E-state index is 12.3. The van der Waals surface area contributed by atoms with Crippen LogP contribution in [0.1, 0.15) is 45.4 Å². The third-order valence-corrected chi connectivity index (χ3v) is 4.34. The van der Waals surface area contributed by atoms with Gasteiger partial charge in [-0.3, -0.25) is 4.79 Å². The van der Waals surface area contributed by atoms with Crippen LogP contribution in [-0.2, 0) is 9.53 Å². The molecule has 1 aliphatic carbocycles. The number of methoxy groups -OCH3 is 1. The van der Waals surface area contributed by atoms with E-state index in [-0.39, 0.29) is 29.8 Å². The first-order valence-electron chi connectivity index (χ1n) is 6.99. The number of hydrogen-bond acceptors (Lipinski definition) is 3. The van der Waals surface area contributed by atoms with Gasteiger partial charge in [-0.2, -0.15) is 0 Å². The quantitative estimate of drug-likeness (QED) is 0.816. The van der Waals surface area contributed by atoms with Gasteiger partial charge in [0.1, 0.15) is 0 Å². The monoisotopic (exact) mass is 292 g/mol. The second-order valence-corrected chi connectivity index (χ2v) is 5.75. The zero-order valence-corrected chi connectivity index (χ0v) is 13.3. The molecular weight excluding hydrogens is 264 g/mol. The van der Waals surface area contributed by atoms with E-state index in [0.717, 1.165) is 12.8 Å². The number of nitrogens with zero attached hydrogens (tertiary/aromatic N) is 1. The summed E-state index contributed by atoms with van der Waals surface area (Å²) in [5.74, 6) is 0.201. The standard InChI is InChI=1S/C14H28N2O2.ClH/c1-12(10-18-3)16(2)13(17)9-14(11-15)7-5-4-6-8-14;/h12H,4-11,15H2,1-3H3;1H. The van der Waals surface area contributed by atoms with Crippen LogP contribution in [0.5, 0.6) is 0 Å². The highest BCUT2D eigenvalue weighted by atomic mass is 35.5. The smallest absolute Gasteiger partial charge is 0.223 e. The van der Waals surface area contributed by atoms with Crippen molar-refractivity contribution in [3.63, 3.8) is 0 Å². The first-order valence-corrected chi connectivity index (χ1v) is 6.99. The van der Waals surface area contributed by atoms with Crippen molar-refractivity contribution in [2.24, 2.45) is 11.1 Å². The fourth-order valence-electron chi connectivity index (χ4n) is 2.80. The van der Waals surface area contributed by atoms with Crippen LogP contribution in [0.15, 0.2) is 0 Å². The average Bonchev–Trinajstić information content (AvgIpc) is 2.39. The topological polar surface area (TPSA) is 55.6 Å². The lowest BCUT2D eigenvalue weighted by atomic mass is 9.71. The van der Waals surface area contributed by atoms with Gasteiger partial charge in [0.05, 0.1) is 12.6 Å². The first-order chi connectivity index (χ1) is 8.54. The van der Waals surface area contributed by atoms with Crippen LogP contribution >= 0.6 is 12.4 Å². The van der Waals surface area contributed by atoms with Crippen molar-refractivity contribution < 1.29 is 9.53 Å². The van der Waals surface area contributed by atoms with E-state index in [2.05, 4.69) is 0 Å². The number of amides is 1. The molecule has 0 saturated heterocycles. The molecule has 5 heteroatoms. The molecule has 0 aliphatic heterocycles. The second kappa shape index (κ2) is 8.77. The van der Waals surface area contributed by atoms with E-state index in [1.54, 1.807) is 12.0 Å². The Balaban J connectivity index is 0.00000324. The molecular formula is C14H29ClN2O2. The van der Waals surface area contributed by atoms with Crippen LogP contribution in [0.25, 0.3) is 0 Å². The SMILES string of the molecule is COCC(C)N(C)C(=O)CC1(CN)CCCCC1.Cl. The van der Waals surface area contributed by atoms with E-state index in [1.807, 2.05) is 14.0 Å². The van der Waals surface area contributed by atoms with Gasteiger partial charge in [0.2, 0.25) is 5.91 Å². The van der Waals surface area contributed by atoms with Gasteiger partial charge in [-0.05, 0) is 31.7 Å². The van der Waals surface area contributed by atoms with E-state index < -0.39 is 0 Å². The van der Waals surface area contributed by atoms with E-state index in [9.17, 15) is 4.79 Å². The molecule has 1 aliphatic rings. The minimum Gasteiger partial charge on any atom is -0.383 e. The van der Waals surface area contributed by atoms with Crippen LogP contribution < -0.4 is 5.73 Å². The van der Waals surface area contributed by atoms with Crippen molar-refractivity contribution in [1.29, 1.82) is 0 Å². The first kappa shape index (κ1) is 18.7. The summed E-state index contributed by atoms with van der Waals surface area (Å²) in [5.41, 5.74) is 5.98. The molecule has 1 amide bonds. The number of nitrogens with two attached hydrogens (primary N) is 1. The molecule has 1 rings (SSSR count). The number of carbonyl (C=O) groups is 1. The highest BCUT2D eigenvalue weighted by Crippen LogP contribution is 2.38. The molecule has 1 fully saturated rings. The second-order valence-electron chi connectivity index (χ2n) is 5.75. The fraction of sp³-hybridized carbons (Fsp3) is 0.929. The summed E-state index contributed by atoms with van der Waals surface area (Å²) in [6.45, 7) is 3.22. The molecule has 0 radical (unpaired) electrons. The molecule has 19 heavy (non-hydrogen) atoms.